The summed E-state index contributed by atoms with van der Waals surface area (Å²) >= 11 is 6.16. The van der Waals surface area contributed by atoms with Crippen molar-refractivity contribution in [3.05, 3.63) is 58.8 Å². The molecule has 4 N–H and O–H groups in total. The molecule has 2 bridgehead atoms. The first-order chi connectivity index (χ1) is 16.4. The van der Waals surface area contributed by atoms with Crippen molar-refractivity contribution in [2.45, 2.75) is 12.5 Å². The van der Waals surface area contributed by atoms with Crippen LogP contribution in [0.2, 0.25) is 5.02 Å². The number of nitrogens with one attached hydrogen (secondary N) is 3. The summed E-state index contributed by atoms with van der Waals surface area (Å²) in [7, 11) is 0. The van der Waals surface area contributed by atoms with Gasteiger partial charge in [0.2, 0.25) is 0 Å². The van der Waals surface area contributed by atoms with Crippen molar-refractivity contribution in [1.29, 1.82) is 10.7 Å². The number of aliphatic hydroxyl groups is 1. The summed E-state index contributed by atoms with van der Waals surface area (Å²) in [4.78, 5) is 15.1. The summed E-state index contributed by atoms with van der Waals surface area (Å²) in [5, 5.41) is 32.7. The Kier molecular flexibility index (Phi) is 5.73. The van der Waals surface area contributed by atoms with Gasteiger partial charge in [0.15, 0.2) is 0 Å². The molecule has 6 rings (SSSR count). The van der Waals surface area contributed by atoms with Crippen molar-refractivity contribution >= 4 is 46.6 Å². The topological polar surface area (TPSA) is 134 Å². The smallest absolute Gasteiger partial charge is 0.149 e. The van der Waals surface area contributed by atoms with E-state index in [0.717, 1.165) is 37.6 Å². The van der Waals surface area contributed by atoms with E-state index in [-0.39, 0.29) is 34.2 Å². The Labute approximate surface area is 199 Å². The molecule has 34 heavy (non-hydrogen) atoms. The molecule has 2 saturated heterocycles. The first-order valence-corrected chi connectivity index (χ1v) is 11.0. The van der Waals surface area contributed by atoms with Gasteiger partial charge in [0.1, 0.15) is 29.6 Å². The molecule has 11 heteroatoms. The number of pyridine rings is 1. The second-order valence-corrected chi connectivity index (χ2v) is 8.80. The molecule has 3 fully saturated rings. The van der Waals surface area contributed by atoms with Crippen LogP contribution >= 0.6 is 11.6 Å². The number of benzene rings is 1. The van der Waals surface area contributed by atoms with Crippen LogP contribution in [0.3, 0.4) is 0 Å². The number of halogens is 2. The molecule has 3 aliphatic rings. The molecule has 2 aromatic heterocycles. The van der Waals surface area contributed by atoms with E-state index >= 15 is 0 Å². The Bertz CT molecular complexity index is 1280. The van der Waals surface area contributed by atoms with E-state index in [4.69, 9.17) is 22.3 Å². The zero-order chi connectivity index (χ0) is 23.8. The monoisotopic (exact) mass is 478 g/mol. The molecule has 0 amide bonds. The number of piperidine rings is 2. The lowest BCUT2D eigenvalue weighted by Crippen LogP contribution is -2.58. The van der Waals surface area contributed by atoms with Crippen molar-refractivity contribution < 1.29 is 9.50 Å². The van der Waals surface area contributed by atoms with E-state index in [1.807, 2.05) is 12.1 Å². The Morgan fingerprint density at radius 3 is 2.59 bits per heavy atom. The molecule has 1 aliphatic carbocycles. The van der Waals surface area contributed by atoms with Gasteiger partial charge < -0.3 is 26.0 Å². The largest absolute Gasteiger partial charge is 0.392 e. The van der Waals surface area contributed by atoms with Crippen LogP contribution < -0.4 is 15.5 Å². The number of fused-ring (bicyclic) bond motifs is 2. The molecule has 172 valence electrons. The van der Waals surface area contributed by atoms with Crippen LogP contribution in [0.5, 0.6) is 0 Å². The summed E-state index contributed by atoms with van der Waals surface area (Å²) in [6.45, 7) is 1.51. The molecule has 2 aliphatic heterocycles. The van der Waals surface area contributed by atoms with Crippen LogP contribution in [-0.4, -0.2) is 45.5 Å². The summed E-state index contributed by atoms with van der Waals surface area (Å²) in [6, 6.07) is 7.74. The standard InChI is InChI=1S/C23H20ClFN8O/c24-16-1-12(6-26)2-17(25)22(16)31-18-4-19(28-8-15(18)7-27)32-20-5-21(30-11-29-20)33-9-13-3-14(10-33)23(13)34/h1-2,4-5,7-8,11,13-14,23,27,34H,3,9-10H2,(H2,28,29,30,31,32). The van der Waals surface area contributed by atoms with Crippen LogP contribution in [0.15, 0.2) is 36.8 Å². The molecule has 1 saturated carbocycles. The van der Waals surface area contributed by atoms with Gasteiger partial charge in [0.05, 0.1) is 34.1 Å². The number of nitriles is 1. The fourth-order valence-electron chi connectivity index (χ4n) is 4.42. The highest BCUT2D eigenvalue weighted by molar-refractivity contribution is 6.33. The Balaban J connectivity index is 1.37. The number of rotatable bonds is 6. The summed E-state index contributed by atoms with van der Waals surface area (Å²) < 4.78 is 14.5. The van der Waals surface area contributed by atoms with Crippen molar-refractivity contribution in [2.24, 2.45) is 11.8 Å². The minimum absolute atomic E-state index is 0.00362. The fraction of sp³-hybridized carbons (Fsp3) is 0.261. The number of aliphatic hydroxyl groups excluding tert-OH is 1. The highest BCUT2D eigenvalue weighted by Crippen LogP contribution is 2.41. The normalized spacial score (nSPS) is 20.8. The van der Waals surface area contributed by atoms with Crippen LogP contribution in [0, 0.1) is 34.4 Å². The molecule has 1 aromatic carbocycles. The number of anilines is 5. The molecule has 2 atom stereocenters. The fourth-order valence-corrected chi connectivity index (χ4v) is 4.67. The van der Waals surface area contributed by atoms with Gasteiger partial charge >= 0.3 is 0 Å². The molecule has 0 spiro atoms. The number of hydrogen-bond donors (Lipinski definition) is 4. The maximum Gasteiger partial charge on any atom is 0.149 e. The lowest BCUT2D eigenvalue weighted by molar-refractivity contribution is -0.0533. The first-order valence-electron chi connectivity index (χ1n) is 10.6. The Morgan fingerprint density at radius 1 is 1.15 bits per heavy atom. The van der Waals surface area contributed by atoms with Crippen molar-refractivity contribution in [3.8, 4) is 6.07 Å². The molecular weight excluding hydrogens is 459 g/mol. The van der Waals surface area contributed by atoms with Gasteiger partial charge in [-0.3, -0.25) is 0 Å². The van der Waals surface area contributed by atoms with Gasteiger partial charge in [0.25, 0.3) is 0 Å². The van der Waals surface area contributed by atoms with Crippen LogP contribution in [0.25, 0.3) is 0 Å². The van der Waals surface area contributed by atoms with Crippen molar-refractivity contribution in [2.75, 3.05) is 28.6 Å². The summed E-state index contributed by atoms with van der Waals surface area (Å²) in [6.07, 6.45) is 4.86. The number of aromatic nitrogens is 3. The zero-order valence-electron chi connectivity index (χ0n) is 17.8. The molecule has 0 radical (unpaired) electrons. The van der Waals surface area contributed by atoms with Crippen molar-refractivity contribution in [3.63, 3.8) is 0 Å². The van der Waals surface area contributed by atoms with Gasteiger partial charge in [-0.15, -0.1) is 0 Å². The van der Waals surface area contributed by atoms with Gasteiger partial charge in [-0.05, 0) is 18.6 Å². The molecular formula is C23H20ClFN8O. The number of hydrogen-bond acceptors (Lipinski definition) is 9. The van der Waals surface area contributed by atoms with Crippen LogP contribution in [-0.2, 0) is 0 Å². The van der Waals surface area contributed by atoms with E-state index < -0.39 is 5.82 Å². The van der Waals surface area contributed by atoms with Gasteiger partial charge in [-0.1, -0.05) is 11.6 Å². The third kappa shape index (κ3) is 4.11. The maximum atomic E-state index is 14.5. The lowest BCUT2D eigenvalue weighted by Gasteiger charge is -2.51. The highest BCUT2D eigenvalue weighted by atomic mass is 35.5. The Morgan fingerprint density at radius 2 is 1.91 bits per heavy atom. The van der Waals surface area contributed by atoms with E-state index in [1.165, 1.54) is 18.6 Å². The summed E-state index contributed by atoms with van der Waals surface area (Å²) in [5.41, 5.74) is 0.922. The molecule has 2 unspecified atom stereocenters. The zero-order valence-corrected chi connectivity index (χ0v) is 18.6. The maximum absolute atomic E-state index is 14.5. The lowest BCUT2D eigenvalue weighted by atomic mass is 9.68. The van der Waals surface area contributed by atoms with Crippen LogP contribution in [0.4, 0.5) is 33.2 Å². The minimum atomic E-state index is -0.684. The third-order valence-electron chi connectivity index (χ3n) is 6.24. The quantitative estimate of drug-likeness (QED) is 0.393. The SMILES string of the molecule is N#Cc1cc(F)c(Nc2cc(Nc3cc(N4CC5CC(C4)C5O)ncn3)ncc2C=N)c(Cl)c1. The minimum Gasteiger partial charge on any atom is -0.392 e. The average Bonchev–Trinajstić information content (AvgIpc) is 2.86. The number of nitrogens with zero attached hydrogens (tertiary/aromatic N) is 5. The second kappa shape index (κ2) is 8.85. The predicted octanol–water partition coefficient (Wildman–Crippen LogP) is 3.84. The first kappa shape index (κ1) is 22.0. The second-order valence-electron chi connectivity index (χ2n) is 8.39. The average molecular weight is 479 g/mol. The van der Waals surface area contributed by atoms with Gasteiger partial charge in [-0.2, -0.15) is 5.26 Å². The molecule has 3 aromatic rings. The van der Waals surface area contributed by atoms with Gasteiger partial charge in [-0.25, -0.2) is 19.3 Å². The Hall–Kier alpha value is -3.81. The molecule has 4 heterocycles. The van der Waals surface area contributed by atoms with Crippen LogP contribution in [0.1, 0.15) is 17.5 Å². The van der Waals surface area contributed by atoms with Crippen molar-refractivity contribution in [1.82, 2.24) is 15.0 Å². The van der Waals surface area contributed by atoms with E-state index in [9.17, 15) is 9.50 Å². The highest BCUT2D eigenvalue weighted by Gasteiger charge is 2.46. The predicted molar refractivity (Wildman–Crippen MR) is 127 cm³/mol. The summed E-state index contributed by atoms with van der Waals surface area (Å²) in [5.74, 6) is 1.58. The van der Waals surface area contributed by atoms with E-state index in [1.54, 1.807) is 6.07 Å². The van der Waals surface area contributed by atoms with E-state index in [0.29, 0.717) is 22.9 Å². The van der Waals surface area contributed by atoms with Gasteiger partial charge in [0, 0.05) is 55.0 Å². The third-order valence-corrected chi connectivity index (χ3v) is 6.53. The molecule has 9 nitrogen and oxygen atoms in total. The van der Waals surface area contributed by atoms with E-state index in [2.05, 4.69) is 30.5 Å².